The summed E-state index contributed by atoms with van der Waals surface area (Å²) in [5, 5.41) is 4.35. The van der Waals surface area contributed by atoms with Crippen LogP contribution in [-0.4, -0.2) is 60.1 Å². The normalized spacial score (nSPS) is 18.2. The average molecular weight is 316 g/mol. The minimum Gasteiger partial charge on any atom is -0.368 e. The van der Waals surface area contributed by atoms with Crippen molar-refractivity contribution in [3.8, 4) is 0 Å². The Morgan fingerprint density at radius 3 is 2.65 bits per heavy atom. The molecule has 0 aliphatic carbocycles. The summed E-state index contributed by atoms with van der Waals surface area (Å²) in [5.74, 6) is 0.562. The van der Waals surface area contributed by atoms with E-state index in [4.69, 9.17) is 0 Å². The minimum atomic E-state index is -0.246. The van der Waals surface area contributed by atoms with Crippen LogP contribution in [0, 0.1) is 5.82 Å². The number of fused-ring (bicyclic) bond motifs is 1. The number of rotatable bonds is 5. The van der Waals surface area contributed by atoms with E-state index >= 15 is 0 Å². The topological polar surface area (TPSA) is 31.4 Å². The molecule has 1 aromatic carbocycles. The molecule has 4 nitrogen and oxygen atoms in total. The Balaban J connectivity index is 1.57. The molecule has 1 aliphatic heterocycles. The van der Waals surface area contributed by atoms with Crippen molar-refractivity contribution >= 4 is 16.7 Å². The van der Waals surface area contributed by atoms with E-state index in [1.807, 2.05) is 12.1 Å². The van der Waals surface area contributed by atoms with Gasteiger partial charge in [-0.1, -0.05) is 6.92 Å². The Labute approximate surface area is 137 Å². The highest BCUT2D eigenvalue weighted by atomic mass is 19.1. The lowest BCUT2D eigenvalue weighted by atomic mass is 10.2. The van der Waals surface area contributed by atoms with Gasteiger partial charge in [0.25, 0.3) is 0 Å². The molecule has 0 radical (unpaired) electrons. The van der Waals surface area contributed by atoms with Crippen molar-refractivity contribution in [2.45, 2.75) is 19.9 Å². The van der Waals surface area contributed by atoms with Crippen molar-refractivity contribution in [2.24, 2.45) is 0 Å². The van der Waals surface area contributed by atoms with Crippen molar-refractivity contribution in [3.63, 3.8) is 0 Å². The van der Waals surface area contributed by atoms with Gasteiger partial charge in [0, 0.05) is 50.2 Å². The van der Waals surface area contributed by atoms with Crippen LogP contribution in [0.15, 0.2) is 30.3 Å². The van der Waals surface area contributed by atoms with E-state index in [9.17, 15) is 4.39 Å². The third-order valence-corrected chi connectivity index (χ3v) is 4.71. The summed E-state index contributed by atoms with van der Waals surface area (Å²) >= 11 is 0. The zero-order chi connectivity index (χ0) is 16.2. The molecule has 124 valence electrons. The molecule has 0 bridgehead atoms. The molecule has 23 heavy (non-hydrogen) atoms. The molecule has 1 aromatic heterocycles. The number of nitrogens with one attached hydrogen (secondary N) is 1. The lowest BCUT2D eigenvalue weighted by Gasteiger charge is -2.37. The van der Waals surface area contributed by atoms with Gasteiger partial charge in [-0.05, 0) is 37.7 Å². The zero-order valence-electron chi connectivity index (χ0n) is 13.9. The van der Waals surface area contributed by atoms with Gasteiger partial charge >= 0.3 is 0 Å². The van der Waals surface area contributed by atoms with E-state index in [0.717, 1.165) is 50.5 Å². The molecule has 0 amide bonds. The lowest BCUT2D eigenvalue weighted by molar-refractivity contribution is 0.110. The van der Waals surface area contributed by atoms with Crippen LogP contribution >= 0.6 is 0 Å². The number of piperazine rings is 1. The Kier molecular flexibility index (Phi) is 5.08. The highest BCUT2D eigenvalue weighted by Gasteiger charge is 2.19. The van der Waals surface area contributed by atoms with Gasteiger partial charge in [0.15, 0.2) is 0 Å². The van der Waals surface area contributed by atoms with E-state index < -0.39 is 0 Å². The molecule has 1 saturated heterocycles. The maximum absolute atomic E-state index is 13.3. The largest absolute Gasteiger partial charge is 0.368 e. The Hall–Kier alpha value is -1.72. The quantitative estimate of drug-likeness (QED) is 0.919. The van der Waals surface area contributed by atoms with Gasteiger partial charge in [0.05, 0.1) is 5.52 Å². The summed E-state index contributed by atoms with van der Waals surface area (Å²) < 4.78 is 13.3. The summed E-state index contributed by atoms with van der Waals surface area (Å²) in [6.45, 7) is 11.0. The second kappa shape index (κ2) is 7.23. The molecule has 5 heteroatoms. The van der Waals surface area contributed by atoms with Crippen LogP contribution in [0.1, 0.15) is 13.8 Å². The van der Waals surface area contributed by atoms with E-state index in [2.05, 4.69) is 33.9 Å². The summed E-state index contributed by atoms with van der Waals surface area (Å²) in [4.78, 5) is 9.50. The van der Waals surface area contributed by atoms with Gasteiger partial charge in [-0.15, -0.1) is 0 Å². The summed E-state index contributed by atoms with van der Waals surface area (Å²) in [6.07, 6.45) is 0. The molecular formula is C18H25FN4. The first-order valence-corrected chi connectivity index (χ1v) is 8.42. The Morgan fingerprint density at radius 1 is 1.17 bits per heavy atom. The number of hydrogen-bond donors (Lipinski definition) is 1. The fourth-order valence-corrected chi connectivity index (χ4v) is 3.09. The number of pyridine rings is 1. The second-order valence-electron chi connectivity index (χ2n) is 6.23. The van der Waals surface area contributed by atoms with Crippen molar-refractivity contribution < 1.29 is 4.39 Å². The molecule has 0 spiro atoms. The first-order valence-electron chi connectivity index (χ1n) is 8.42. The maximum Gasteiger partial charge on any atom is 0.126 e. The Bertz CT molecular complexity index is 653. The number of likely N-dealkylation sites (N-methyl/N-ethyl adjacent to an activating group) is 1. The molecule has 1 aliphatic rings. The number of halogens is 1. The predicted octanol–water partition coefficient (Wildman–Crippen LogP) is 2.81. The van der Waals surface area contributed by atoms with Crippen molar-refractivity contribution in [3.05, 3.63) is 36.1 Å². The van der Waals surface area contributed by atoms with Crippen molar-refractivity contribution in [1.82, 2.24) is 14.8 Å². The summed E-state index contributed by atoms with van der Waals surface area (Å²) in [5.41, 5.74) is 0.694. The SMILES string of the molecule is CCN1CCN(C(C)CNc2ccc3ccc(F)cc3n2)CC1. The van der Waals surface area contributed by atoms with Gasteiger partial charge < -0.3 is 10.2 Å². The van der Waals surface area contributed by atoms with Gasteiger partial charge in [0.1, 0.15) is 11.6 Å². The van der Waals surface area contributed by atoms with Crippen LogP contribution in [-0.2, 0) is 0 Å². The highest BCUT2D eigenvalue weighted by Crippen LogP contribution is 2.16. The molecule has 3 rings (SSSR count). The van der Waals surface area contributed by atoms with E-state index in [-0.39, 0.29) is 5.82 Å². The molecule has 2 heterocycles. The predicted molar refractivity (Wildman–Crippen MR) is 93.3 cm³/mol. The average Bonchev–Trinajstić information content (AvgIpc) is 2.59. The highest BCUT2D eigenvalue weighted by molar-refractivity contribution is 5.80. The van der Waals surface area contributed by atoms with Gasteiger partial charge in [-0.3, -0.25) is 4.90 Å². The smallest absolute Gasteiger partial charge is 0.126 e. The number of benzene rings is 1. The van der Waals surface area contributed by atoms with Gasteiger partial charge in [-0.25, -0.2) is 9.37 Å². The first-order chi connectivity index (χ1) is 11.2. The Morgan fingerprint density at radius 2 is 1.91 bits per heavy atom. The minimum absolute atomic E-state index is 0.246. The zero-order valence-corrected chi connectivity index (χ0v) is 13.9. The van der Waals surface area contributed by atoms with Crippen molar-refractivity contribution in [1.29, 1.82) is 0 Å². The van der Waals surface area contributed by atoms with Crippen LogP contribution in [0.2, 0.25) is 0 Å². The molecule has 2 aromatic rings. The van der Waals surface area contributed by atoms with E-state index in [1.165, 1.54) is 12.1 Å². The molecule has 0 saturated carbocycles. The fraction of sp³-hybridized carbons (Fsp3) is 0.500. The third-order valence-electron chi connectivity index (χ3n) is 4.71. The van der Waals surface area contributed by atoms with Crippen LogP contribution in [0.4, 0.5) is 10.2 Å². The molecule has 1 atom stereocenters. The first kappa shape index (κ1) is 16.1. The molecule has 1 fully saturated rings. The third kappa shape index (κ3) is 3.98. The monoisotopic (exact) mass is 316 g/mol. The summed E-state index contributed by atoms with van der Waals surface area (Å²) in [7, 11) is 0. The van der Waals surface area contributed by atoms with Gasteiger partial charge in [-0.2, -0.15) is 0 Å². The van der Waals surface area contributed by atoms with Gasteiger partial charge in [0.2, 0.25) is 0 Å². The lowest BCUT2D eigenvalue weighted by Crippen LogP contribution is -2.51. The number of anilines is 1. The fourth-order valence-electron chi connectivity index (χ4n) is 3.09. The molecule has 1 unspecified atom stereocenters. The standard InChI is InChI=1S/C18H25FN4/c1-3-22-8-10-23(11-9-22)14(2)13-20-18-7-5-15-4-6-16(19)12-17(15)21-18/h4-7,12,14H,3,8-11,13H2,1-2H3,(H,20,21). The number of hydrogen-bond acceptors (Lipinski definition) is 4. The van der Waals surface area contributed by atoms with Crippen molar-refractivity contribution in [2.75, 3.05) is 44.6 Å². The molecule has 1 N–H and O–H groups in total. The summed E-state index contributed by atoms with van der Waals surface area (Å²) in [6, 6.07) is 9.11. The van der Waals surface area contributed by atoms with Crippen LogP contribution < -0.4 is 5.32 Å². The number of aromatic nitrogens is 1. The second-order valence-corrected chi connectivity index (χ2v) is 6.23. The van der Waals surface area contributed by atoms with Crippen LogP contribution in [0.25, 0.3) is 10.9 Å². The van der Waals surface area contributed by atoms with E-state index in [0.29, 0.717) is 11.6 Å². The molecular weight excluding hydrogens is 291 g/mol. The number of nitrogens with zero attached hydrogens (tertiary/aromatic N) is 3. The van der Waals surface area contributed by atoms with Crippen LogP contribution in [0.3, 0.4) is 0 Å². The van der Waals surface area contributed by atoms with E-state index in [1.54, 1.807) is 6.07 Å². The van der Waals surface area contributed by atoms with Crippen LogP contribution in [0.5, 0.6) is 0 Å². The maximum atomic E-state index is 13.3.